The molecule has 0 radical (unpaired) electrons. The summed E-state index contributed by atoms with van der Waals surface area (Å²) in [6, 6.07) is 9.95. The molecule has 1 aromatic carbocycles. The lowest BCUT2D eigenvalue weighted by molar-refractivity contribution is -0.134. The first-order valence-electron chi connectivity index (χ1n) is 7.12. The van der Waals surface area contributed by atoms with Gasteiger partial charge in [-0.3, -0.25) is 9.59 Å². The van der Waals surface area contributed by atoms with Crippen LogP contribution in [0, 0.1) is 0 Å². The lowest BCUT2D eigenvalue weighted by Gasteiger charge is -2.37. The van der Waals surface area contributed by atoms with Crippen LogP contribution in [0.15, 0.2) is 30.3 Å². The summed E-state index contributed by atoms with van der Waals surface area (Å²) in [6.45, 7) is 3.13. The minimum absolute atomic E-state index is 0.00808. The van der Waals surface area contributed by atoms with Gasteiger partial charge in [0.25, 0.3) is 0 Å². The number of carbonyl (C=O) groups is 2. The number of hydrogen-bond acceptors (Lipinski definition) is 3. The van der Waals surface area contributed by atoms with E-state index in [-0.39, 0.29) is 17.9 Å². The van der Waals surface area contributed by atoms with Gasteiger partial charge in [0.2, 0.25) is 11.8 Å². The number of amides is 2. The fraction of sp³-hybridized carbons (Fsp3) is 0.467. The van der Waals surface area contributed by atoms with Crippen molar-refractivity contribution >= 4 is 17.5 Å². The Morgan fingerprint density at radius 3 is 2.40 bits per heavy atom. The van der Waals surface area contributed by atoms with Gasteiger partial charge in [0, 0.05) is 38.3 Å². The van der Waals surface area contributed by atoms with Gasteiger partial charge in [-0.25, -0.2) is 0 Å². The Labute approximate surface area is 118 Å². The van der Waals surface area contributed by atoms with Crippen LogP contribution in [0.4, 0.5) is 5.69 Å². The second-order valence-electron chi connectivity index (χ2n) is 5.31. The number of rotatable bonds is 2. The van der Waals surface area contributed by atoms with Gasteiger partial charge in [0.1, 0.15) is 6.04 Å². The van der Waals surface area contributed by atoms with E-state index in [1.807, 2.05) is 23.1 Å². The fourth-order valence-corrected chi connectivity index (χ4v) is 2.84. The molecule has 1 aromatic rings. The van der Waals surface area contributed by atoms with Gasteiger partial charge in [-0.2, -0.15) is 0 Å². The van der Waals surface area contributed by atoms with Crippen molar-refractivity contribution in [1.29, 1.82) is 0 Å². The van der Waals surface area contributed by atoms with Crippen LogP contribution in [0.25, 0.3) is 0 Å². The minimum atomic E-state index is -0.300. The van der Waals surface area contributed by atoms with Crippen LogP contribution >= 0.6 is 0 Å². The molecule has 3 rings (SSSR count). The van der Waals surface area contributed by atoms with E-state index in [0.717, 1.165) is 26.2 Å². The van der Waals surface area contributed by atoms with Crippen LogP contribution in [0.5, 0.6) is 0 Å². The number of nitrogens with zero attached hydrogens (tertiary/aromatic N) is 2. The zero-order valence-electron chi connectivity index (χ0n) is 11.4. The zero-order valence-corrected chi connectivity index (χ0v) is 11.4. The molecule has 2 aliphatic heterocycles. The standard InChI is InChI=1S/C15H19N3O2/c19-14-7-6-13(16-14)15(20)18-10-8-17(9-11-18)12-4-2-1-3-5-12/h1-5,13H,6-11H2,(H,16,19)/t13-/m0/s1. The van der Waals surface area contributed by atoms with Crippen LogP contribution in [0.1, 0.15) is 12.8 Å². The molecule has 5 nitrogen and oxygen atoms in total. The van der Waals surface area contributed by atoms with Crippen molar-refractivity contribution in [2.75, 3.05) is 31.1 Å². The van der Waals surface area contributed by atoms with Crippen LogP contribution in [-0.2, 0) is 9.59 Å². The lowest BCUT2D eigenvalue weighted by Crippen LogP contribution is -2.53. The molecule has 0 bridgehead atoms. The molecule has 0 saturated carbocycles. The van der Waals surface area contributed by atoms with Gasteiger partial charge in [-0.1, -0.05) is 18.2 Å². The number of para-hydroxylation sites is 1. The SMILES string of the molecule is O=C1CC[C@@H](C(=O)N2CCN(c3ccccc3)CC2)N1. The van der Waals surface area contributed by atoms with E-state index in [2.05, 4.69) is 22.3 Å². The van der Waals surface area contributed by atoms with E-state index in [0.29, 0.717) is 12.8 Å². The van der Waals surface area contributed by atoms with E-state index in [1.54, 1.807) is 0 Å². The normalized spacial score (nSPS) is 22.8. The monoisotopic (exact) mass is 273 g/mol. The number of nitrogens with one attached hydrogen (secondary N) is 1. The number of hydrogen-bond donors (Lipinski definition) is 1. The molecule has 0 spiro atoms. The number of anilines is 1. The van der Waals surface area contributed by atoms with Crippen molar-refractivity contribution < 1.29 is 9.59 Å². The first kappa shape index (κ1) is 13.0. The van der Waals surface area contributed by atoms with E-state index in [4.69, 9.17) is 0 Å². The van der Waals surface area contributed by atoms with Crippen LogP contribution in [-0.4, -0.2) is 48.9 Å². The highest BCUT2D eigenvalue weighted by Crippen LogP contribution is 2.17. The first-order valence-corrected chi connectivity index (χ1v) is 7.12. The average molecular weight is 273 g/mol. The molecule has 1 atom stereocenters. The number of benzene rings is 1. The Morgan fingerprint density at radius 2 is 1.80 bits per heavy atom. The van der Waals surface area contributed by atoms with Crippen molar-refractivity contribution in [3.63, 3.8) is 0 Å². The topological polar surface area (TPSA) is 52.7 Å². The molecule has 1 N–H and O–H groups in total. The van der Waals surface area contributed by atoms with Crippen molar-refractivity contribution in [3.8, 4) is 0 Å². The summed E-state index contributed by atoms with van der Waals surface area (Å²) in [5.41, 5.74) is 1.20. The molecule has 0 unspecified atom stereocenters. The summed E-state index contributed by atoms with van der Waals surface area (Å²) < 4.78 is 0. The Morgan fingerprint density at radius 1 is 1.10 bits per heavy atom. The predicted octanol–water partition coefficient (Wildman–Crippen LogP) is 0.614. The van der Waals surface area contributed by atoms with Gasteiger partial charge in [-0.05, 0) is 18.6 Å². The molecule has 0 aliphatic carbocycles. The maximum absolute atomic E-state index is 12.3. The molecule has 20 heavy (non-hydrogen) atoms. The van der Waals surface area contributed by atoms with Gasteiger partial charge in [0.05, 0.1) is 0 Å². The highest BCUT2D eigenvalue weighted by Gasteiger charge is 2.32. The first-order chi connectivity index (χ1) is 9.74. The fourth-order valence-electron chi connectivity index (χ4n) is 2.84. The third-order valence-electron chi connectivity index (χ3n) is 4.01. The van der Waals surface area contributed by atoms with Crippen molar-refractivity contribution in [1.82, 2.24) is 10.2 Å². The van der Waals surface area contributed by atoms with Crippen molar-refractivity contribution in [2.24, 2.45) is 0 Å². The summed E-state index contributed by atoms with van der Waals surface area (Å²) in [7, 11) is 0. The minimum Gasteiger partial charge on any atom is -0.368 e. The molecule has 2 aliphatic rings. The maximum atomic E-state index is 12.3. The van der Waals surface area contributed by atoms with E-state index < -0.39 is 0 Å². The second-order valence-corrected chi connectivity index (χ2v) is 5.31. The molecule has 2 saturated heterocycles. The van der Waals surface area contributed by atoms with E-state index >= 15 is 0 Å². The van der Waals surface area contributed by atoms with Crippen molar-refractivity contribution in [3.05, 3.63) is 30.3 Å². The molecule has 5 heteroatoms. The number of carbonyl (C=O) groups excluding carboxylic acids is 2. The Hall–Kier alpha value is -2.04. The third-order valence-corrected chi connectivity index (χ3v) is 4.01. The van der Waals surface area contributed by atoms with Gasteiger partial charge < -0.3 is 15.1 Å². The number of piperazine rings is 1. The molecule has 2 heterocycles. The molecular weight excluding hydrogens is 254 g/mol. The summed E-state index contributed by atoms with van der Waals surface area (Å²) in [6.07, 6.45) is 1.11. The maximum Gasteiger partial charge on any atom is 0.245 e. The van der Waals surface area contributed by atoms with Gasteiger partial charge in [0.15, 0.2) is 0 Å². The molecular formula is C15H19N3O2. The summed E-state index contributed by atoms with van der Waals surface area (Å²) in [5.74, 6) is 0.0647. The summed E-state index contributed by atoms with van der Waals surface area (Å²) in [4.78, 5) is 27.6. The molecule has 0 aromatic heterocycles. The highest BCUT2D eigenvalue weighted by atomic mass is 16.2. The second kappa shape index (κ2) is 5.53. The van der Waals surface area contributed by atoms with Crippen molar-refractivity contribution in [2.45, 2.75) is 18.9 Å². The van der Waals surface area contributed by atoms with E-state index in [9.17, 15) is 9.59 Å². The summed E-state index contributed by atoms with van der Waals surface area (Å²) in [5, 5.41) is 2.75. The Kier molecular flexibility index (Phi) is 3.58. The summed E-state index contributed by atoms with van der Waals surface area (Å²) >= 11 is 0. The van der Waals surface area contributed by atoms with Crippen LogP contribution < -0.4 is 10.2 Å². The lowest BCUT2D eigenvalue weighted by atomic mass is 10.1. The predicted molar refractivity (Wildman–Crippen MR) is 76.4 cm³/mol. The smallest absolute Gasteiger partial charge is 0.245 e. The average Bonchev–Trinajstić information content (AvgIpc) is 2.94. The van der Waals surface area contributed by atoms with Gasteiger partial charge >= 0.3 is 0 Å². The van der Waals surface area contributed by atoms with Gasteiger partial charge in [-0.15, -0.1) is 0 Å². The third kappa shape index (κ3) is 2.61. The Balaban J connectivity index is 1.56. The van der Waals surface area contributed by atoms with Crippen LogP contribution in [0.3, 0.4) is 0 Å². The molecule has 2 fully saturated rings. The molecule has 2 amide bonds. The van der Waals surface area contributed by atoms with Crippen LogP contribution in [0.2, 0.25) is 0 Å². The largest absolute Gasteiger partial charge is 0.368 e. The van der Waals surface area contributed by atoms with E-state index in [1.165, 1.54) is 5.69 Å². The Bertz CT molecular complexity index is 495. The molecule has 106 valence electrons. The zero-order chi connectivity index (χ0) is 13.9. The quantitative estimate of drug-likeness (QED) is 0.859. The highest BCUT2D eigenvalue weighted by molar-refractivity contribution is 5.90.